The maximum atomic E-state index is 11.7. The number of rotatable bonds is 2. The lowest BCUT2D eigenvalue weighted by atomic mass is 10.4. The van der Waals surface area contributed by atoms with Crippen LogP contribution in [-0.2, 0) is 4.84 Å². The van der Waals surface area contributed by atoms with Crippen LogP contribution in [-0.4, -0.2) is 43.1 Å². The van der Waals surface area contributed by atoms with Crippen LogP contribution in [0.1, 0.15) is 9.67 Å². The van der Waals surface area contributed by atoms with E-state index in [0.717, 1.165) is 5.06 Å². The van der Waals surface area contributed by atoms with E-state index in [1.54, 1.807) is 31.6 Å². The molecule has 0 radical (unpaired) electrons. The second kappa shape index (κ2) is 4.90. The molecular formula is C9H12N2O3S. The molecule has 0 saturated carbocycles. The summed E-state index contributed by atoms with van der Waals surface area (Å²) in [6.07, 6.45) is 0. The highest BCUT2D eigenvalue weighted by Crippen LogP contribution is 2.12. The SMILES string of the molecule is CON(C(=O)c1cccs1)C(=O)N(C)C. The quantitative estimate of drug-likeness (QED) is 0.719. The van der Waals surface area contributed by atoms with Crippen LogP contribution in [0, 0.1) is 0 Å². The van der Waals surface area contributed by atoms with E-state index in [0.29, 0.717) is 4.88 Å². The number of hydrogen-bond acceptors (Lipinski definition) is 4. The highest BCUT2D eigenvalue weighted by molar-refractivity contribution is 7.12. The van der Waals surface area contributed by atoms with Gasteiger partial charge in [-0.25, -0.2) is 4.79 Å². The number of nitrogens with zero attached hydrogens (tertiary/aromatic N) is 2. The highest BCUT2D eigenvalue weighted by atomic mass is 32.1. The summed E-state index contributed by atoms with van der Waals surface area (Å²) in [7, 11) is 4.39. The Labute approximate surface area is 91.8 Å². The van der Waals surface area contributed by atoms with E-state index in [-0.39, 0.29) is 0 Å². The first-order valence-corrected chi connectivity index (χ1v) is 5.09. The number of thiophene rings is 1. The number of hydrogen-bond donors (Lipinski definition) is 0. The van der Waals surface area contributed by atoms with Crippen LogP contribution >= 0.6 is 11.3 Å². The molecule has 15 heavy (non-hydrogen) atoms. The molecule has 0 bridgehead atoms. The Balaban J connectivity index is 2.84. The Bertz CT molecular complexity index is 348. The third kappa shape index (κ3) is 2.54. The van der Waals surface area contributed by atoms with E-state index >= 15 is 0 Å². The van der Waals surface area contributed by atoms with Gasteiger partial charge in [-0.1, -0.05) is 6.07 Å². The van der Waals surface area contributed by atoms with Gasteiger partial charge in [0.2, 0.25) is 0 Å². The normalized spacial score (nSPS) is 9.80. The van der Waals surface area contributed by atoms with Crippen LogP contribution in [0.3, 0.4) is 0 Å². The molecule has 0 saturated heterocycles. The van der Waals surface area contributed by atoms with Crippen LogP contribution in [0.25, 0.3) is 0 Å². The van der Waals surface area contributed by atoms with Crippen molar-refractivity contribution >= 4 is 23.3 Å². The summed E-state index contributed by atoms with van der Waals surface area (Å²) in [4.78, 5) is 29.8. The molecule has 1 rings (SSSR count). The third-order valence-corrected chi connectivity index (χ3v) is 2.51. The van der Waals surface area contributed by atoms with Crippen molar-refractivity contribution in [2.45, 2.75) is 0 Å². The van der Waals surface area contributed by atoms with Gasteiger partial charge in [-0.05, 0) is 11.4 Å². The van der Waals surface area contributed by atoms with Crippen molar-refractivity contribution in [2.75, 3.05) is 21.2 Å². The molecule has 0 aliphatic carbocycles. The average Bonchev–Trinajstić information content (AvgIpc) is 2.71. The number of carbonyl (C=O) groups is 2. The van der Waals surface area contributed by atoms with Crippen LogP contribution in [0.5, 0.6) is 0 Å². The Morgan fingerprint density at radius 1 is 1.40 bits per heavy atom. The number of carbonyl (C=O) groups excluding carboxylic acids is 2. The lowest BCUT2D eigenvalue weighted by molar-refractivity contribution is -0.0652. The molecule has 82 valence electrons. The van der Waals surface area contributed by atoms with Gasteiger partial charge in [0.05, 0.1) is 12.0 Å². The highest BCUT2D eigenvalue weighted by Gasteiger charge is 2.25. The fourth-order valence-corrected chi connectivity index (χ4v) is 1.57. The summed E-state index contributed by atoms with van der Waals surface area (Å²) in [5, 5.41) is 2.49. The maximum absolute atomic E-state index is 11.7. The monoisotopic (exact) mass is 228 g/mol. The van der Waals surface area contributed by atoms with Gasteiger partial charge in [-0.2, -0.15) is 0 Å². The van der Waals surface area contributed by atoms with Gasteiger partial charge in [0.1, 0.15) is 0 Å². The van der Waals surface area contributed by atoms with E-state index in [2.05, 4.69) is 0 Å². The van der Waals surface area contributed by atoms with Gasteiger partial charge < -0.3 is 4.90 Å². The van der Waals surface area contributed by atoms with Crippen LogP contribution in [0.2, 0.25) is 0 Å². The predicted molar refractivity (Wildman–Crippen MR) is 56.6 cm³/mol. The molecular weight excluding hydrogens is 216 g/mol. The van der Waals surface area contributed by atoms with Crippen molar-refractivity contribution in [2.24, 2.45) is 0 Å². The first kappa shape index (κ1) is 11.7. The maximum Gasteiger partial charge on any atom is 0.351 e. The molecule has 3 amide bonds. The largest absolute Gasteiger partial charge is 0.351 e. The van der Waals surface area contributed by atoms with Gasteiger partial charge in [0.25, 0.3) is 5.91 Å². The molecule has 0 aliphatic heterocycles. The summed E-state index contributed by atoms with van der Waals surface area (Å²) in [5.74, 6) is -0.453. The fourth-order valence-electron chi connectivity index (χ4n) is 0.930. The first-order valence-electron chi connectivity index (χ1n) is 4.21. The van der Waals surface area contributed by atoms with Gasteiger partial charge in [-0.3, -0.25) is 9.63 Å². The van der Waals surface area contributed by atoms with E-state index in [1.807, 2.05) is 0 Å². The number of urea groups is 1. The van der Waals surface area contributed by atoms with Crippen molar-refractivity contribution in [1.29, 1.82) is 0 Å². The average molecular weight is 228 g/mol. The van der Waals surface area contributed by atoms with E-state index in [4.69, 9.17) is 4.84 Å². The molecule has 0 atom stereocenters. The zero-order chi connectivity index (χ0) is 11.4. The summed E-state index contributed by atoms with van der Waals surface area (Å²) in [6.45, 7) is 0. The molecule has 0 fully saturated rings. The minimum absolute atomic E-state index is 0.453. The molecule has 5 nitrogen and oxygen atoms in total. The van der Waals surface area contributed by atoms with Crippen LogP contribution in [0.4, 0.5) is 4.79 Å². The van der Waals surface area contributed by atoms with Crippen LogP contribution in [0.15, 0.2) is 17.5 Å². The van der Waals surface area contributed by atoms with E-state index < -0.39 is 11.9 Å². The fraction of sp³-hybridized carbons (Fsp3) is 0.333. The molecule has 1 aromatic rings. The van der Waals surface area contributed by atoms with Gasteiger partial charge in [0, 0.05) is 14.1 Å². The summed E-state index contributed by atoms with van der Waals surface area (Å²) >= 11 is 1.26. The van der Waals surface area contributed by atoms with Gasteiger partial charge in [0.15, 0.2) is 0 Å². The Morgan fingerprint density at radius 3 is 2.47 bits per heavy atom. The van der Waals surface area contributed by atoms with Gasteiger partial charge in [-0.15, -0.1) is 16.4 Å². The molecule has 0 aromatic carbocycles. The van der Waals surface area contributed by atoms with Crippen molar-refractivity contribution in [3.63, 3.8) is 0 Å². The smallest absolute Gasteiger partial charge is 0.329 e. The minimum atomic E-state index is -0.504. The molecule has 6 heteroatoms. The Morgan fingerprint density at radius 2 is 2.07 bits per heavy atom. The van der Waals surface area contributed by atoms with E-state index in [1.165, 1.54) is 23.3 Å². The second-order valence-electron chi connectivity index (χ2n) is 2.94. The molecule has 0 N–H and O–H groups in total. The predicted octanol–water partition coefficient (Wildman–Crippen LogP) is 1.43. The van der Waals surface area contributed by atoms with Crippen LogP contribution < -0.4 is 0 Å². The van der Waals surface area contributed by atoms with Gasteiger partial charge >= 0.3 is 6.03 Å². The molecule has 1 heterocycles. The van der Waals surface area contributed by atoms with Crippen molar-refractivity contribution in [3.8, 4) is 0 Å². The summed E-state index contributed by atoms with van der Waals surface area (Å²) in [6, 6.07) is 2.88. The summed E-state index contributed by atoms with van der Waals surface area (Å²) < 4.78 is 0. The molecule has 0 spiro atoms. The zero-order valence-corrected chi connectivity index (χ0v) is 9.58. The zero-order valence-electron chi connectivity index (χ0n) is 8.76. The second-order valence-corrected chi connectivity index (χ2v) is 3.88. The molecule has 1 aromatic heterocycles. The van der Waals surface area contributed by atoms with Crippen molar-refractivity contribution in [3.05, 3.63) is 22.4 Å². The standard InChI is InChI=1S/C9H12N2O3S/c1-10(2)9(13)11(14-3)8(12)7-5-4-6-15-7/h4-6H,1-3H3. The van der Waals surface area contributed by atoms with Crippen molar-refractivity contribution < 1.29 is 14.4 Å². The minimum Gasteiger partial charge on any atom is -0.329 e. The number of imide groups is 1. The van der Waals surface area contributed by atoms with E-state index in [9.17, 15) is 9.59 Å². The third-order valence-electron chi connectivity index (χ3n) is 1.66. The van der Waals surface area contributed by atoms with Crippen molar-refractivity contribution in [1.82, 2.24) is 9.96 Å². The lowest BCUT2D eigenvalue weighted by Gasteiger charge is -2.20. The molecule has 0 aliphatic rings. The Kier molecular flexibility index (Phi) is 3.81. The number of amides is 3. The number of hydroxylamine groups is 2. The topological polar surface area (TPSA) is 49.9 Å². The molecule has 0 unspecified atom stereocenters. The lowest BCUT2D eigenvalue weighted by Crippen LogP contribution is -2.42. The Hall–Kier alpha value is -1.40. The summed E-state index contributed by atoms with van der Waals surface area (Å²) in [5.41, 5.74) is 0. The first-order chi connectivity index (χ1) is 7.07.